The molecule has 0 radical (unpaired) electrons. The fourth-order valence-electron chi connectivity index (χ4n) is 2.04. The molecule has 1 N–H and O–H groups in total. The summed E-state index contributed by atoms with van der Waals surface area (Å²) in [7, 11) is 0. The second-order valence-electron chi connectivity index (χ2n) is 4.56. The quantitative estimate of drug-likeness (QED) is 0.877. The van der Waals surface area contributed by atoms with Crippen LogP contribution in [0.25, 0.3) is 0 Å². The maximum atomic E-state index is 10.6. The van der Waals surface area contributed by atoms with Gasteiger partial charge >= 0.3 is 0 Å². The van der Waals surface area contributed by atoms with E-state index in [-0.39, 0.29) is 0 Å². The number of aliphatic hydroxyl groups is 1. The van der Waals surface area contributed by atoms with E-state index in [1.54, 1.807) is 0 Å². The number of hydrogen-bond donors (Lipinski definition) is 1. The molecule has 1 atom stereocenters. The summed E-state index contributed by atoms with van der Waals surface area (Å²) in [4.78, 5) is 0. The van der Waals surface area contributed by atoms with Crippen LogP contribution in [-0.4, -0.2) is 5.11 Å². The van der Waals surface area contributed by atoms with Crippen LogP contribution in [0.1, 0.15) is 18.1 Å². The van der Waals surface area contributed by atoms with Crippen LogP contribution >= 0.6 is 27.5 Å². The number of benzene rings is 2. The van der Waals surface area contributed by atoms with E-state index in [0.29, 0.717) is 11.4 Å². The first-order valence-corrected chi connectivity index (χ1v) is 6.88. The Labute approximate surface area is 121 Å². The fourth-order valence-corrected chi connectivity index (χ4v) is 2.96. The maximum absolute atomic E-state index is 10.6. The number of hydrogen-bond acceptors (Lipinski definition) is 1. The highest BCUT2D eigenvalue weighted by molar-refractivity contribution is 9.10. The van der Waals surface area contributed by atoms with Crippen LogP contribution < -0.4 is 0 Å². The predicted molar refractivity (Wildman–Crippen MR) is 78.9 cm³/mol. The zero-order chi connectivity index (χ0) is 13.2. The van der Waals surface area contributed by atoms with E-state index < -0.39 is 5.60 Å². The van der Waals surface area contributed by atoms with Crippen LogP contribution in [0, 0.1) is 0 Å². The van der Waals surface area contributed by atoms with Crippen LogP contribution in [0.5, 0.6) is 0 Å². The molecular weight excluding hydrogens is 312 g/mol. The zero-order valence-corrected chi connectivity index (χ0v) is 12.4. The van der Waals surface area contributed by atoms with Crippen molar-refractivity contribution in [3.63, 3.8) is 0 Å². The summed E-state index contributed by atoms with van der Waals surface area (Å²) in [6.45, 7) is 1.81. The van der Waals surface area contributed by atoms with Gasteiger partial charge in [-0.2, -0.15) is 0 Å². The molecule has 0 spiro atoms. The van der Waals surface area contributed by atoms with Gasteiger partial charge in [-0.25, -0.2) is 0 Å². The standard InChI is InChI=1S/C15H14BrClO/c1-15(18,13-7-2-3-8-14(13)16)10-11-5-4-6-12(17)9-11/h2-9,18H,10H2,1H3. The Morgan fingerprint density at radius 1 is 1.17 bits per heavy atom. The van der Waals surface area contributed by atoms with Crippen molar-refractivity contribution in [1.29, 1.82) is 0 Å². The highest BCUT2D eigenvalue weighted by atomic mass is 79.9. The molecule has 0 aromatic heterocycles. The number of halogens is 2. The van der Waals surface area contributed by atoms with Gasteiger partial charge in [0.05, 0.1) is 5.60 Å². The summed E-state index contributed by atoms with van der Waals surface area (Å²) in [6.07, 6.45) is 0.524. The summed E-state index contributed by atoms with van der Waals surface area (Å²) in [6, 6.07) is 15.3. The van der Waals surface area contributed by atoms with Crippen molar-refractivity contribution in [3.05, 3.63) is 69.2 Å². The predicted octanol–water partition coefficient (Wildman–Crippen LogP) is 4.55. The maximum Gasteiger partial charge on any atom is 0.0919 e. The Morgan fingerprint density at radius 3 is 2.56 bits per heavy atom. The van der Waals surface area contributed by atoms with Crippen molar-refractivity contribution in [2.45, 2.75) is 18.9 Å². The van der Waals surface area contributed by atoms with Gasteiger partial charge in [0.15, 0.2) is 0 Å². The van der Waals surface area contributed by atoms with Crippen LogP contribution in [0.3, 0.4) is 0 Å². The lowest BCUT2D eigenvalue weighted by Crippen LogP contribution is -2.24. The molecule has 0 aliphatic heterocycles. The minimum absolute atomic E-state index is 0.524. The van der Waals surface area contributed by atoms with Gasteiger partial charge in [-0.3, -0.25) is 0 Å². The van der Waals surface area contributed by atoms with Crippen molar-refractivity contribution in [2.24, 2.45) is 0 Å². The molecule has 2 aromatic rings. The highest BCUT2D eigenvalue weighted by Gasteiger charge is 2.25. The molecule has 0 saturated carbocycles. The highest BCUT2D eigenvalue weighted by Crippen LogP contribution is 2.31. The lowest BCUT2D eigenvalue weighted by Gasteiger charge is -2.25. The summed E-state index contributed by atoms with van der Waals surface area (Å²) >= 11 is 9.43. The summed E-state index contributed by atoms with van der Waals surface area (Å²) in [5, 5.41) is 11.3. The third-order valence-electron chi connectivity index (χ3n) is 2.89. The molecule has 0 fully saturated rings. The third-order valence-corrected chi connectivity index (χ3v) is 3.82. The van der Waals surface area contributed by atoms with Crippen LogP contribution in [0.2, 0.25) is 5.02 Å². The third kappa shape index (κ3) is 3.14. The Kier molecular flexibility index (Phi) is 4.10. The fraction of sp³-hybridized carbons (Fsp3) is 0.200. The number of rotatable bonds is 3. The average Bonchev–Trinajstić information content (AvgIpc) is 2.28. The first-order chi connectivity index (χ1) is 8.49. The van der Waals surface area contributed by atoms with E-state index in [9.17, 15) is 5.11 Å². The minimum Gasteiger partial charge on any atom is -0.385 e. The topological polar surface area (TPSA) is 20.2 Å². The van der Waals surface area contributed by atoms with Crippen LogP contribution in [0.4, 0.5) is 0 Å². The Hall–Kier alpha value is -0.830. The molecule has 94 valence electrons. The first-order valence-electron chi connectivity index (χ1n) is 5.71. The molecule has 1 nitrogen and oxygen atoms in total. The van der Waals surface area contributed by atoms with Crippen molar-refractivity contribution in [1.82, 2.24) is 0 Å². The lowest BCUT2D eigenvalue weighted by atomic mass is 9.89. The molecule has 0 saturated heterocycles. The van der Waals surface area contributed by atoms with Crippen LogP contribution in [-0.2, 0) is 12.0 Å². The molecular formula is C15H14BrClO. The monoisotopic (exact) mass is 324 g/mol. The molecule has 0 amide bonds. The van der Waals surface area contributed by atoms with Crippen molar-refractivity contribution in [3.8, 4) is 0 Å². The van der Waals surface area contributed by atoms with Gasteiger partial charge in [0, 0.05) is 15.9 Å². The SMILES string of the molecule is CC(O)(Cc1cccc(Cl)c1)c1ccccc1Br. The van der Waals surface area contributed by atoms with E-state index in [1.165, 1.54) is 0 Å². The molecule has 1 unspecified atom stereocenters. The molecule has 0 aliphatic rings. The second-order valence-corrected chi connectivity index (χ2v) is 5.85. The zero-order valence-electron chi connectivity index (χ0n) is 10.0. The minimum atomic E-state index is -0.926. The van der Waals surface area contributed by atoms with Crippen molar-refractivity contribution < 1.29 is 5.11 Å². The van der Waals surface area contributed by atoms with Gasteiger partial charge in [-0.05, 0) is 36.2 Å². The largest absolute Gasteiger partial charge is 0.385 e. The van der Waals surface area contributed by atoms with Gasteiger partial charge in [0.1, 0.15) is 0 Å². The normalized spacial score (nSPS) is 14.2. The Morgan fingerprint density at radius 2 is 1.89 bits per heavy atom. The lowest BCUT2D eigenvalue weighted by molar-refractivity contribution is 0.0569. The molecule has 18 heavy (non-hydrogen) atoms. The molecule has 2 aromatic carbocycles. The van der Waals surface area contributed by atoms with Crippen molar-refractivity contribution in [2.75, 3.05) is 0 Å². The summed E-state index contributed by atoms with van der Waals surface area (Å²) < 4.78 is 0.914. The Bertz CT molecular complexity index is 552. The summed E-state index contributed by atoms with van der Waals surface area (Å²) in [5.74, 6) is 0. The van der Waals surface area contributed by atoms with Gasteiger partial charge in [-0.1, -0.05) is 57.9 Å². The van der Waals surface area contributed by atoms with E-state index >= 15 is 0 Å². The molecule has 0 heterocycles. The molecule has 0 bridgehead atoms. The van der Waals surface area contributed by atoms with E-state index in [0.717, 1.165) is 15.6 Å². The van der Waals surface area contributed by atoms with E-state index in [2.05, 4.69) is 15.9 Å². The van der Waals surface area contributed by atoms with Crippen LogP contribution in [0.15, 0.2) is 53.0 Å². The van der Waals surface area contributed by atoms with E-state index in [1.807, 2.05) is 55.5 Å². The van der Waals surface area contributed by atoms with Crippen molar-refractivity contribution >= 4 is 27.5 Å². The molecule has 3 heteroatoms. The average molecular weight is 326 g/mol. The second kappa shape index (κ2) is 5.43. The van der Waals surface area contributed by atoms with E-state index in [4.69, 9.17) is 11.6 Å². The van der Waals surface area contributed by atoms with Gasteiger partial charge in [-0.15, -0.1) is 0 Å². The van der Waals surface area contributed by atoms with Gasteiger partial charge < -0.3 is 5.11 Å². The van der Waals surface area contributed by atoms with Gasteiger partial charge in [0.25, 0.3) is 0 Å². The first kappa shape index (κ1) is 13.6. The smallest absolute Gasteiger partial charge is 0.0919 e. The van der Waals surface area contributed by atoms with Gasteiger partial charge in [0.2, 0.25) is 0 Å². The Balaban J connectivity index is 2.30. The molecule has 0 aliphatic carbocycles. The molecule has 2 rings (SSSR count). The summed E-state index contributed by atoms with van der Waals surface area (Å²) in [5.41, 5.74) is 0.971.